The van der Waals surface area contributed by atoms with Crippen LogP contribution in [0.25, 0.3) is 0 Å². The van der Waals surface area contributed by atoms with Crippen LogP contribution in [0.3, 0.4) is 0 Å². The van der Waals surface area contributed by atoms with Crippen molar-refractivity contribution in [2.45, 2.75) is 0 Å². The fourth-order valence-corrected chi connectivity index (χ4v) is 2.08. The van der Waals surface area contributed by atoms with Gasteiger partial charge >= 0.3 is 0 Å². The molecule has 2 heterocycles. The SMILES string of the molecule is C#CCOCCOCCOCCN1C=CN(C)C1=C1N=CC=N1. The molecule has 0 aromatic rings. The first kappa shape index (κ1) is 17.2. The average Bonchev–Trinajstić information content (AvgIpc) is 3.18. The van der Waals surface area contributed by atoms with Gasteiger partial charge in [-0.25, -0.2) is 9.98 Å². The van der Waals surface area contributed by atoms with E-state index in [0.29, 0.717) is 45.5 Å². The standard InChI is InChI=1S/C16H22N4O3/c1-3-9-21-11-13-23-14-12-22-10-8-20-7-6-19(2)16(20)15-17-4-5-18-15/h1,4-7H,8-14H2,2H3. The van der Waals surface area contributed by atoms with Crippen LogP contribution in [-0.4, -0.2) is 75.5 Å². The predicted octanol–water partition coefficient (Wildman–Crippen LogP) is 0.670. The molecule has 0 amide bonds. The minimum absolute atomic E-state index is 0.323. The van der Waals surface area contributed by atoms with E-state index >= 15 is 0 Å². The van der Waals surface area contributed by atoms with Gasteiger partial charge in [0, 0.05) is 38.4 Å². The van der Waals surface area contributed by atoms with Gasteiger partial charge in [0.2, 0.25) is 0 Å². The van der Waals surface area contributed by atoms with Crippen molar-refractivity contribution in [3.63, 3.8) is 0 Å². The van der Waals surface area contributed by atoms with Crippen molar-refractivity contribution in [3.05, 3.63) is 24.0 Å². The maximum atomic E-state index is 5.58. The summed E-state index contributed by atoms with van der Waals surface area (Å²) in [4.78, 5) is 12.6. The van der Waals surface area contributed by atoms with Crippen molar-refractivity contribution in [2.24, 2.45) is 9.98 Å². The lowest BCUT2D eigenvalue weighted by Crippen LogP contribution is -2.25. The van der Waals surface area contributed by atoms with E-state index in [1.807, 2.05) is 24.3 Å². The highest BCUT2D eigenvalue weighted by atomic mass is 16.5. The van der Waals surface area contributed by atoms with Gasteiger partial charge in [-0.2, -0.15) is 0 Å². The molecule has 0 aromatic carbocycles. The molecule has 23 heavy (non-hydrogen) atoms. The third-order valence-corrected chi connectivity index (χ3v) is 3.14. The molecule has 7 nitrogen and oxygen atoms in total. The van der Waals surface area contributed by atoms with Gasteiger partial charge in [-0.3, -0.25) is 0 Å². The Morgan fingerprint density at radius 1 is 1.00 bits per heavy atom. The maximum Gasteiger partial charge on any atom is 0.194 e. The average molecular weight is 318 g/mol. The van der Waals surface area contributed by atoms with E-state index in [2.05, 4.69) is 20.8 Å². The summed E-state index contributed by atoms with van der Waals surface area (Å²) in [6.07, 6.45) is 12.4. The number of terminal acetylenes is 1. The fraction of sp³-hybridized carbons (Fsp3) is 0.500. The van der Waals surface area contributed by atoms with Crippen LogP contribution in [0.15, 0.2) is 34.0 Å². The molecule has 0 saturated heterocycles. The zero-order chi connectivity index (χ0) is 16.3. The van der Waals surface area contributed by atoms with Crippen molar-refractivity contribution >= 4 is 12.4 Å². The summed E-state index contributed by atoms with van der Waals surface area (Å²) in [5.41, 5.74) is 0. The smallest absolute Gasteiger partial charge is 0.194 e. The first-order valence-electron chi connectivity index (χ1n) is 7.48. The molecule has 0 aromatic heterocycles. The predicted molar refractivity (Wildman–Crippen MR) is 88.9 cm³/mol. The van der Waals surface area contributed by atoms with Crippen LogP contribution in [0.4, 0.5) is 0 Å². The van der Waals surface area contributed by atoms with E-state index in [0.717, 1.165) is 12.4 Å². The summed E-state index contributed by atoms with van der Waals surface area (Å²) >= 11 is 0. The zero-order valence-corrected chi connectivity index (χ0v) is 13.4. The van der Waals surface area contributed by atoms with Gasteiger partial charge < -0.3 is 24.0 Å². The van der Waals surface area contributed by atoms with Crippen LogP contribution in [0.1, 0.15) is 0 Å². The monoisotopic (exact) mass is 318 g/mol. The molecule has 0 spiro atoms. The third-order valence-electron chi connectivity index (χ3n) is 3.14. The molecule has 0 saturated carbocycles. The molecule has 0 bridgehead atoms. The van der Waals surface area contributed by atoms with Crippen LogP contribution in [-0.2, 0) is 14.2 Å². The summed E-state index contributed by atoms with van der Waals surface area (Å²) in [5.74, 6) is 4.08. The van der Waals surface area contributed by atoms with Crippen LogP contribution < -0.4 is 0 Å². The minimum atomic E-state index is 0.323. The van der Waals surface area contributed by atoms with Crippen molar-refractivity contribution in [1.82, 2.24) is 9.80 Å². The minimum Gasteiger partial charge on any atom is -0.377 e. The van der Waals surface area contributed by atoms with Gasteiger partial charge in [0.1, 0.15) is 6.61 Å². The van der Waals surface area contributed by atoms with E-state index in [4.69, 9.17) is 20.6 Å². The topological polar surface area (TPSA) is 58.9 Å². The Kier molecular flexibility index (Phi) is 7.33. The van der Waals surface area contributed by atoms with E-state index in [9.17, 15) is 0 Å². The van der Waals surface area contributed by atoms with E-state index in [1.165, 1.54) is 0 Å². The zero-order valence-electron chi connectivity index (χ0n) is 13.4. The molecule has 0 radical (unpaired) electrons. The molecule has 2 aliphatic heterocycles. The van der Waals surface area contributed by atoms with Crippen molar-refractivity contribution < 1.29 is 14.2 Å². The normalized spacial score (nSPS) is 16.0. The molecule has 124 valence electrons. The molecule has 0 N–H and O–H groups in total. The second-order valence-corrected chi connectivity index (χ2v) is 4.79. The van der Waals surface area contributed by atoms with Crippen LogP contribution in [0.5, 0.6) is 0 Å². The summed E-state index contributed by atoms with van der Waals surface area (Å²) in [5, 5.41) is 0. The summed E-state index contributed by atoms with van der Waals surface area (Å²) in [7, 11) is 1.97. The quantitative estimate of drug-likeness (QED) is 0.438. The lowest BCUT2D eigenvalue weighted by atomic mass is 10.5. The Labute approximate surface area is 136 Å². The number of rotatable bonds is 10. The Hall–Kier alpha value is -2.14. The Balaban J connectivity index is 1.57. The highest BCUT2D eigenvalue weighted by molar-refractivity contribution is 6.18. The van der Waals surface area contributed by atoms with E-state index < -0.39 is 0 Å². The Morgan fingerprint density at radius 2 is 1.65 bits per heavy atom. The van der Waals surface area contributed by atoms with Gasteiger partial charge in [-0.15, -0.1) is 6.42 Å². The molecule has 2 aliphatic rings. The summed E-state index contributed by atoms with van der Waals surface area (Å²) in [6.45, 7) is 3.77. The van der Waals surface area contributed by atoms with Crippen molar-refractivity contribution in [2.75, 3.05) is 53.2 Å². The second-order valence-electron chi connectivity index (χ2n) is 4.79. The highest BCUT2D eigenvalue weighted by Crippen LogP contribution is 2.23. The van der Waals surface area contributed by atoms with Gasteiger partial charge in [-0.05, 0) is 0 Å². The molecule has 0 aliphatic carbocycles. The van der Waals surface area contributed by atoms with Gasteiger partial charge in [0.25, 0.3) is 0 Å². The lowest BCUT2D eigenvalue weighted by molar-refractivity contribution is 0.0183. The van der Waals surface area contributed by atoms with E-state index in [-0.39, 0.29) is 0 Å². The summed E-state index contributed by atoms with van der Waals surface area (Å²) in [6, 6.07) is 0. The molecular weight excluding hydrogens is 296 g/mol. The van der Waals surface area contributed by atoms with Gasteiger partial charge in [-0.1, -0.05) is 5.92 Å². The molecule has 0 unspecified atom stereocenters. The number of aliphatic imine (C=N–C) groups is 2. The number of hydrogen-bond donors (Lipinski definition) is 0. The first-order chi connectivity index (χ1) is 11.3. The Bertz CT molecular complexity index is 520. The van der Waals surface area contributed by atoms with Gasteiger partial charge in [0.15, 0.2) is 11.6 Å². The molecule has 0 fully saturated rings. The van der Waals surface area contributed by atoms with Crippen LogP contribution in [0.2, 0.25) is 0 Å². The molecule has 2 rings (SSSR count). The summed E-state index contributed by atoms with van der Waals surface area (Å²) < 4.78 is 16.0. The second kappa shape index (κ2) is 9.79. The third kappa shape index (κ3) is 5.53. The number of hydrogen-bond acceptors (Lipinski definition) is 7. The molecular formula is C16H22N4O3. The molecule has 7 heteroatoms. The fourth-order valence-electron chi connectivity index (χ4n) is 2.08. The van der Waals surface area contributed by atoms with Crippen LogP contribution in [0, 0.1) is 12.3 Å². The van der Waals surface area contributed by atoms with E-state index in [1.54, 1.807) is 12.4 Å². The van der Waals surface area contributed by atoms with Gasteiger partial charge in [0.05, 0.1) is 33.0 Å². The number of ether oxygens (including phenoxy) is 3. The maximum absolute atomic E-state index is 5.58. The largest absolute Gasteiger partial charge is 0.377 e. The lowest BCUT2D eigenvalue weighted by Gasteiger charge is -2.22. The number of nitrogens with zero attached hydrogens (tertiary/aromatic N) is 4. The molecule has 0 atom stereocenters. The van der Waals surface area contributed by atoms with Crippen molar-refractivity contribution in [1.29, 1.82) is 0 Å². The van der Waals surface area contributed by atoms with Crippen molar-refractivity contribution in [3.8, 4) is 12.3 Å². The first-order valence-corrected chi connectivity index (χ1v) is 7.48. The highest BCUT2D eigenvalue weighted by Gasteiger charge is 2.21. The Morgan fingerprint density at radius 3 is 2.35 bits per heavy atom. The van der Waals surface area contributed by atoms with Crippen LogP contribution >= 0.6 is 0 Å².